The van der Waals surface area contributed by atoms with Crippen molar-refractivity contribution in [3.8, 4) is 17.6 Å². The van der Waals surface area contributed by atoms with Gasteiger partial charge in [0, 0.05) is 6.61 Å². The molecule has 4 heteroatoms. The molecule has 0 atom stereocenters. The van der Waals surface area contributed by atoms with Gasteiger partial charge in [-0.1, -0.05) is 25.2 Å². The van der Waals surface area contributed by atoms with Gasteiger partial charge in [0.25, 0.3) is 0 Å². The van der Waals surface area contributed by atoms with Gasteiger partial charge in [-0.3, -0.25) is 0 Å². The maximum atomic E-state index is 13.1. The van der Waals surface area contributed by atoms with Crippen LogP contribution in [0.15, 0.2) is 18.2 Å². The Hall–Kier alpha value is -1.24. The lowest BCUT2D eigenvalue weighted by Crippen LogP contribution is -2.08. The molecule has 0 aliphatic rings. The Morgan fingerprint density at radius 1 is 1.26 bits per heavy atom. The summed E-state index contributed by atoms with van der Waals surface area (Å²) < 4.78 is 24.0. The van der Waals surface area contributed by atoms with Crippen LogP contribution >= 0.6 is 11.6 Å². The molecule has 0 unspecified atom stereocenters. The van der Waals surface area contributed by atoms with Crippen LogP contribution < -0.4 is 4.74 Å². The van der Waals surface area contributed by atoms with E-state index in [2.05, 4.69) is 18.8 Å². The van der Waals surface area contributed by atoms with Crippen LogP contribution in [0, 0.1) is 17.7 Å². The quantitative estimate of drug-likeness (QED) is 0.433. The lowest BCUT2D eigenvalue weighted by atomic mass is 10.2. The average Bonchev–Trinajstić information content (AvgIpc) is 2.42. The summed E-state index contributed by atoms with van der Waals surface area (Å²) >= 11 is 5.49. The third kappa shape index (κ3) is 6.47. The van der Waals surface area contributed by atoms with Gasteiger partial charge in [0.2, 0.25) is 0 Å². The minimum Gasteiger partial charge on any atom is -0.490 e. The minimum atomic E-state index is -0.342. The zero-order chi connectivity index (χ0) is 13.9. The summed E-state index contributed by atoms with van der Waals surface area (Å²) in [6.07, 6.45) is 2.15. The van der Waals surface area contributed by atoms with Gasteiger partial charge in [-0.2, -0.15) is 0 Å². The highest BCUT2D eigenvalue weighted by Crippen LogP contribution is 2.18. The van der Waals surface area contributed by atoms with Crippen molar-refractivity contribution in [3.63, 3.8) is 0 Å². The molecule has 0 bridgehead atoms. The summed E-state index contributed by atoms with van der Waals surface area (Å²) in [7, 11) is 0. The number of ether oxygens (including phenoxy) is 2. The Labute approximate surface area is 118 Å². The van der Waals surface area contributed by atoms with Gasteiger partial charge < -0.3 is 9.47 Å². The number of hydrogen-bond acceptors (Lipinski definition) is 2. The van der Waals surface area contributed by atoms with Crippen LogP contribution in [0.25, 0.3) is 0 Å². The highest BCUT2D eigenvalue weighted by atomic mass is 35.5. The molecule has 19 heavy (non-hydrogen) atoms. The molecule has 0 aliphatic heterocycles. The third-order valence-corrected chi connectivity index (χ3v) is 2.49. The lowest BCUT2D eigenvalue weighted by Gasteiger charge is -2.08. The smallest absolute Gasteiger partial charge is 0.135 e. The second-order valence-corrected chi connectivity index (χ2v) is 4.16. The average molecular weight is 285 g/mol. The third-order valence-electron chi connectivity index (χ3n) is 2.36. The summed E-state index contributed by atoms with van der Waals surface area (Å²) in [5.41, 5.74) is 0.509. The van der Waals surface area contributed by atoms with Gasteiger partial charge in [0.05, 0.1) is 18.1 Å². The molecule has 1 aromatic rings. The molecule has 1 aromatic carbocycles. The van der Waals surface area contributed by atoms with Crippen molar-refractivity contribution in [2.24, 2.45) is 0 Å². The van der Waals surface area contributed by atoms with Crippen molar-refractivity contribution in [3.05, 3.63) is 29.6 Å². The van der Waals surface area contributed by atoms with E-state index in [1.54, 1.807) is 6.07 Å². The van der Waals surface area contributed by atoms with E-state index < -0.39 is 0 Å². The highest BCUT2D eigenvalue weighted by Gasteiger charge is 2.03. The van der Waals surface area contributed by atoms with Crippen molar-refractivity contribution in [2.75, 3.05) is 25.7 Å². The van der Waals surface area contributed by atoms with E-state index in [0.717, 1.165) is 19.4 Å². The van der Waals surface area contributed by atoms with E-state index in [0.29, 0.717) is 24.5 Å². The maximum Gasteiger partial charge on any atom is 0.135 e. The molecule has 0 heterocycles. The second-order valence-electron chi connectivity index (χ2n) is 3.89. The van der Waals surface area contributed by atoms with Crippen molar-refractivity contribution in [2.45, 2.75) is 19.8 Å². The van der Waals surface area contributed by atoms with Crippen LogP contribution in [0.2, 0.25) is 0 Å². The Kier molecular flexibility index (Phi) is 8.04. The molecule has 0 aliphatic carbocycles. The maximum absolute atomic E-state index is 13.1. The van der Waals surface area contributed by atoms with Crippen LogP contribution in [0.4, 0.5) is 4.39 Å². The van der Waals surface area contributed by atoms with Crippen LogP contribution in [-0.2, 0) is 4.74 Å². The number of rotatable bonds is 7. The molecule has 0 saturated heterocycles. The highest BCUT2D eigenvalue weighted by molar-refractivity contribution is 6.19. The Bertz CT molecular complexity index is 438. The summed E-state index contributed by atoms with van der Waals surface area (Å²) in [6.45, 7) is 3.78. The predicted octanol–water partition coefficient (Wildman–Crippen LogP) is 3.61. The number of halogens is 2. The SMILES string of the molecule is CCCCOCCOc1ccc(F)cc1C#CCCl. The Balaban J connectivity index is 2.48. The lowest BCUT2D eigenvalue weighted by molar-refractivity contribution is 0.0979. The van der Waals surface area contributed by atoms with Crippen LogP contribution in [0.1, 0.15) is 25.3 Å². The zero-order valence-corrected chi connectivity index (χ0v) is 11.8. The molecular formula is C15H18ClFO2. The normalized spacial score (nSPS) is 9.84. The first-order chi connectivity index (χ1) is 9.27. The van der Waals surface area contributed by atoms with Crippen molar-refractivity contribution >= 4 is 11.6 Å². The van der Waals surface area contributed by atoms with Crippen molar-refractivity contribution < 1.29 is 13.9 Å². The first-order valence-corrected chi connectivity index (χ1v) is 6.86. The number of hydrogen-bond donors (Lipinski definition) is 0. The molecule has 0 N–H and O–H groups in total. The van der Waals surface area contributed by atoms with Crippen LogP contribution in [0.5, 0.6) is 5.75 Å². The first-order valence-electron chi connectivity index (χ1n) is 6.33. The number of unbranched alkanes of at least 4 members (excludes halogenated alkanes) is 1. The summed E-state index contributed by atoms with van der Waals surface area (Å²) in [4.78, 5) is 0. The van der Waals surface area contributed by atoms with Gasteiger partial charge in [-0.05, 0) is 24.6 Å². The molecule has 2 nitrogen and oxygen atoms in total. The number of benzene rings is 1. The van der Waals surface area contributed by atoms with E-state index in [4.69, 9.17) is 21.1 Å². The minimum absolute atomic E-state index is 0.204. The largest absolute Gasteiger partial charge is 0.490 e. The molecule has 0 radical (unpaired) electrons. The summed E-state index contributed by atoms with van der Waals surface area (Å²) in [5.74, 6) is 5.88. The molecule has 0 saturated carbocycles. The molecule has 104 valence electrons. The van der Waals surface area contributed by atoms with Gasteiger partial charge in [0.15, 0.2) is 0 Å². The fourth-order valence-electron chi connectivity index (χ4n) is 1.41. The summed E-state index contributed by atoms with van der Waals surface area (Å²) in [6, 6.07) is 4.26. The fourth-order valence-corrected chi connectivity index (χ4v) is 1.48. The first kappa shape index (κ1) is 15.8. The van der Waals surface area contributed by atoms with Crippen LogP contribution in [-0.4, -0.2) is 25.7 Å². The molecule has 0 amide bonds. The molecule has 0 spiro atoms. The van der Waals surface area contributed by atoms with E-state index in [-0.39, 0.29) is 11.7 Å². The zero-order valence-electron chi connectivity index (χ0n) is 11.0. The molecule has 0 aromatic heterocycles. The van der Waals surface area contributed by atoms with E-state index in [1.807, 2.05) is 0 Å². The van der Waals surface area contributed by atoms with Gasteiger partial charge in [-0.15, -0.1) is 11.6 Å². The van der Waals surface area contributed by atoms with Crippen LogP contribution in [0.3, 0.4) is 0 Å². The standard InChI is InChI=1S/C15H18ClFO2/c1-2-3-9-18-10-11-19-15-7-6-14(17)12-13(15)5-4-8-16/h6-7,12H,2-3,8-11H2,1H3. The summed E-state index contributed by atoms with van der Waals surface area (Å²) in [5, 5.41) is 0. The van der Waals surface area contributed by atoms with Gasteiger partial charge in [-0.25, -0.2) is 4.39 Å². The topological polar surface area (TPSA) is 18.5 Å². The fraction of sp³-hybridized carbons (Fsp3) is 0.467. The van der Waals surface area contributed by atoms with E-state index >= 15 is 0 Å². The monoisotopic (exact) mass is 284 g/mol. The van der Waals surface area contributed by atoms with E-state index in [1.165, 1.54) is 12.1 Å². The molecule has 0 fully saturated rings. The Morgan fingerprint density at radius 2 is 2.11 bits per heavy atom. The molecular weight excluding hydrogens is 267 g/mol. The van der Waals surface area contributed by atoms with Gasteiger partial charge >= 0.3 is 0 Å². The predicted molar refractivity (Wildman–Crippen MR) is 75.2 cm³/mol. The van der Waals surface area contributed by atoms with Gasteiger partial charge in [0.1, 0.15) is 18.2 Å². The second kappa shape index (κ2) is 9.66. The Morgan fingerprint density at radius 3 is 2.84 bits per heavy atom. The number of alkyl halides is 1. The van der Waals surface area contributed by atoms with Crippen molar-refractivity contribution in [1.82, 2.24) is 0 Å². The molecule has 1 rings (SSSR count). The van der Waals surface area contributed by atoms with E-state index in [9.17, 15) is 4.39 Å². The van der Waals surface area contributed by atoms with Crippen molar-refractivity contribution in [1.29, 1.82) is 0 Å².